The molecule has 3 rings (SSSR count). The molecular formula is C13H13N3O. The second-order valence-electron chi connectivity index (χ2n) is 4.08. The summed E-state index contributed by atoms with van der Waals surface area (Å²) in [6.45, 7) is 0.765. The largest absolute Gasteiger partial charge is 0.493 e. The van der Waals surface area contributed by atoms with Gasteiger partial charge in [-0.15, -0.1) is 0 Å². The van der Waals surface area contributed by atoms with Gasteiger partial charge in [0, 0.05) is 12.6 Å². The summed E-state index contributed by atoms with van der Waals surface area (Å²) in [5.41, 5.74) is 9.30. The third-order valence-electron chi connectivity index (χ3n) is 3.00. The van der Waals surface area contributed by atoms with Crippen LogP contribution in [0.1, 0.15) is 22.9 Å². The Morgan fingerprint density at radius 1 is 1.29 bits per heavy atom. The zero-order valence-electron chi connectivity index (χ0n) is 9.34. The number of nitrogens with two attached hydrogens (primary N) is 1. The molecule has 1 aromatic carbocycles. The van der Waals surface area contributed by atoms with Crippen LogP contribution in [0.25, 0.3) is 0 Å². The molecule has 86 valence electrons. The fraction of sp³-hybridized carbons (Fsp3) is 0.231. The lowest BCUT2D eigenvalue weighted by Gasteiger charge is -2.12. The van der Waals surface area contributed by atoms with Crippen molar-refractivity contribution >= 4 is 0 Å². The fourth-order valence-corrected chi connectivity index (χ4v) is 2.06. The van der Waals surface area contributed by atoms with Crippen LogP contribution in [0.15, 0.2) is 36.8 Å². The predicted octanol–water partition coefficient (Wildman–Crippen LogP) is 1.46. The molecule has 0 spiro atoms. The van der Waals surface area contributed by atoms with Crippen LogP contribution in [0.3, 0.4) is 0 Å². The zero-order valence-corrected chi connectivity index (χ0v) is 9.34. The maximum atomic E-state index is 6.18. The first kappa shape index (κ1) is 10.2. The van der Waals surface area contributed by atoms with Gasteiger partial charge in [-0.2, -0.15) is 0 Å². The number of aromatic nitrogens is 2. The molecule has 1 aromatic heterocycles. The highest BCUT2D eigenvalue weighted by Crippen LogP contribution is 2.28. The summed E-state index contributed by atoms with van der Waals surface area (Å²) in [6.07, 6.45) is 4.18. The Kier molecular flexibility index (Phi) is 2.49. The van der Waals surface area contributed by atoms with E-state index in [9.17, 15) is 0 Å². The Bertz CT molecular complexity index is 527. The monoisotopic (exact) mass is 227 g/mol. The van der Waals surface area contributed by atoms with Gasteiger partial charge < -0.3 is 10.5 Å². The number of ether oxygens (including phenoxy) is 1. The lowest BCUT2D eigenvalue weighted by atomic mass is 10.0. The van der Waals surface area contributed by atoms with E-state index in [0.29, 0.717) is 0 Å². The van der Waals surface area contributed by atoms with Crippen LogP contribution in [-0.2, 0) is 6.42 Å². The van der Waals surface area contributed by atoms with Crippen molar-refractivity contribution in [3.8, 4) is 5.75 Å². The van der Waals surface area contributed by atoms with Crippen LogP contribution < -0.4 is 10.5 Å². The summed E-state index contributed by atoms with van der Waals surface area (Å²) in [5.74, 6) is 0.976. The maximum absolute atomic E-state index is 6.18. The topological polar surface area (TPSA) is 61.0 Å². The van der Waals surface area contributed by atoms with Gasteiger partial charge >= 0.3 is 0 Å². The highest BCUT2D eigenvalue weighted by Gasteiger charge is 2.16. The molecule has 0 aliphatic carbocycles. The van der Waals surface area contributed by atoms with Gasteiger partial charge in [-0.3, -0.25) is 0 Å². The Balaban J connectivity index is 1.94. The third kappa shape index (κ3) is 1.87. The summed E-state index contributed by atoms with van der Waals surface area (Å²) in [7, 11) is 0. The first-order chi connectivity index (χ1) is 8.34. The van der Waals surface area contributed by atoms with Crippen LogP contribution in [0.5, 0.6) is 5.75 Å². The lowest BCUT2D eigenvalue weighted by molar-refractivity contribution is 0.357. The van der Waals surface area contributed by atoms with Gasteiger partial charge in [-0.05, 0) is 23.3 Å². The molecule has 0 radical (unpaired) electrons. The number of nitrogens with zero attached hydrogens (tertiary/aromatic N) is 2. The second kappa shape index (κ2) is 4.14. The van der Waals surface area contributed by atoms with Crippen LogP contribution in [0.2, 0.25) is 0 Å². The molecule has 1 unspecified atom stereocenters. The highest BCUT2D eigenvalue weighted by atomic mass is 16.5. The van der Waals surface area contributed by atoms with Gasteiger partial charge in [0.15, 0.2) is 0 Å². The van der Waals surface area contributed by atoms with E-state index in [-0.39, 0.29) is 6.04 Å². The van der Waals surface area contributed by atoms with Crippen molar-refractivity contribution in [2.24, 2.45) is 5.73 Å². The van der Waals surface area contributed by atoms with Crippen molar-refractivity contribution in [2.45, 2.75) is 12.5 Å². The van der Waals surface area contributed by atoms with E-state index in [1.807, 2.05) is 18.2 Å². The molecule has 2 N–H and O–H groups in total. The number of hydrogen-bond acceptors (Lipinski definition) is 4. The molecule has 0 fully saturated rings. The lowest BCUT2D eigenvalue weighted by Crippen LogP contribution is -2.13. The summed E-state index contributed by atoms with van der Waals surface area (Å²) in [6, 6.07) is 7.72. The van der Waals surface area contributed by atoms with E-state index in [2.05, 4.69) is 16.0 Å². The average Bonchev–Trinajstić information content (AvgIpc) is 2.86. The maximum Gasteiger partial charge on any atom is 0.122 e. The molecule has 0 bridgehead atoms. The van der Waals surface area contributed by atoms with Crippen molar-refractivity contribution in [3.63, 3.8) is 0 Å². The first-order valence-electron chi connectivity index (χ1n) is 5.62. The van der Waals surface area contributed by atoms with Crippen molar-refractivity contribution in [2.75, 3.05) is 6.61 Å². The molecule has 0 saturated carbocycles. The van der Waals surface area contributed by atoms with Crippen molar-refractivity contribution in [1.82, 2.24) is 9.97 Å². The van der Waals surface area contributed by atoms with Gasteiger partial charge in [0.2, 0.25) is 0 Å². The van der Waals surface area contributed by atoms with E-state index in [4.69, 9.17) is 10.5 Å². The number of rotatable bonds is 2. The molecule has 2 heterocycles. The molecule has 17 heavy (non-hydrogen) atoms. The molecule has 1 atom stereocenters. The van der Waals surface area contributed by atoms with Crippen molar-refractivity contribution < 1.29 is 4.74 Å². The summed E-state index contributed by atoms with van der Waals surface area (Å²) < 4.78 is 5.47. The molecule has 1 aliphatic heterocycles. The summed E-state index contributed by atoms with van der Waals surface area (Å²) in [5, 5.41) is 0. The highest BCUT2D eigenvalue weighted by molar-refractivity contribution is 5.42. The van der Waals surface area contributed by atoms with Crippen LogP contribution >= 0.6 is 0 Å². The van der Waals surface area contributed by atoms with E-state index in [1.165, 1.54) is 11.9 Å². The summed E-state index contributed by atoms with van der Waals surface area (Å²) >= 11 is 0. The minimum atomic E-state index is -0.205. The molecule has 4 heteroatoms. The van der Waals surface area contributed by atoms with E-state index < -0.39 is 0 Å². The number of hydrogen-bond donors (Lipinski definition) is 1. The van der Waals surface area contributed by atoms with E-state index in [0.717, 1.165) is 30.0 Å². The van der Waals surface area contributed by atoms with Crippen LogP contribution in [-0.4, -0.2) is 16.6 Å². The number of fused-ring (bicyclic) bond motifs is 1. The minimum absolute atomic E-state index is 0.205. The average molecular weight is 227 g/mol. The predicted molar refractivity (Wildman–Crippen MR) is 63.7 cm³/mol. The molecule has 0 saturated heterocycles. The molecule has 0 amide bonds. The molecule has 1 aliphatic rings. The van der Waals surface area contributed by atoms with E-state index in [1.54, 1.807) is 6.20 Å². The molecule has 2 aromatic rings. The Hall–Kier alpha value is -1.94. The fourth-order valence-electron chi connectivity index (χ4n) is 2.06. The quantitative estimate of drug-likeness (QED) is 0.843. The SMILES string of the molecule is NC(c1ccc2c(c1)CCO2)c1ccncn1. The minimum Gasteiger partial charge on any atom is -0.493 e. The second-order valence-corrected chi connectivity index (χ2v) is 4.08. The third-order valence-corrected chi connectivity index (χ3v) is 3.00. The zero-order chi connectivity index (χ0) is 11.7. The smallest absolute Gasteiger partial charge is 0.122 e. The first-order valence-corrected chi connectivity index (χ1v) is 5.62. The van der Waals surface area contributed by atoms with Crippen LogP contribution in [0.4, 0.5) is 0 Å². The van der Waals surface area contributed by atoms with Gasteiger partial charge in [0.05, 0.1) is 18.3 Å². The standard InChI is InChI=1S/C13H13N3O/c14-13(11-3-5-15-8-16-11)10-1-2-12-9(7-10)4-6-17-12/h1-3,5,7-8,13H,4,6,14H2. The molecular weight excluding hydrogens is 214 g/mol. The van der Waals surface area contributed by atoms with Crippen LogP contribution in [0, 0.1) is 0 Å². The Labute approximate surface area is 99.5 Å². The number of benzene rings is 1. The molecule has 4 nitrogen and oxygen atoms in total. The van der Waals surface area contributed by atoms with Gasteiger partial charge in [-0.1, -0.05) is 12.1 Å². The van der Waals surface area contributed by atoms with Crippen molar-refractivity contribution in [3.05, 3.63) is 53.6 Å². The van der Waals surface area contributed by atoms with Gasteiger partial charge in [0.1, 0.15) is 12.1 Å². The van der Waals surface area contributed by atoms with Gasteiger partial charge in [0.25, 0.3) is 0 Å². The Morgan fingerprint density at radius 2 is 2.24 bits per heavy atom. The van der Waals surface area contributed by atoms with Gasteiger partial charge in [-0.25, -0.2) is 9.97 Å². The van der Waals surface area contributed by atoms with Crippen molar-refractivity contribution in [1.29, 1.82) is 0 Å². The normalized spacial score (nSPS) is 15.1. The summed E-state index contributed by atoms with van der Waals surface area (Å²) in [4.78, 5) is 8.07. The van der Waals surface area contributed by atoms with E-state index >= 15 is 0 Å². The Morgan fingerprint density at radius 3 is 3.06 bits per heavy atom.